The van der Waals surface area contributed by atoms with Gasteiger partial charge in [-0.2, -0.15) is 0 Å². The molecule has 0 unspecified atom stereocenters. The monoisotopic (exact) mass is 530 g/mol. The van der Waals surface area contributed by atoms with Gasteiger partial charge in [-0.15, -0.1) is 0 Å². The van der Waals surface area contributed by atoms with Crippen LogP contribution in [0.2, 0.25) is 0 Å². The second-order valence-corrected chi connectivity index (χ2v) is 8.94. The number of nitrogens with one attached hydrogen (secondary N) is 1. The first-order valence-corrected chi connectivity index (χ1v) is 11.8. The molecule has 1 aliphatic rings. The summed E-state index contributed by atoms with van der Waals surface area (Å²) in [6.07, 6.45) is 0.723. The molecule has 34 heavy (non-hydrogen) atoms. The highest BCUT2D eigenvalue weighted by Gasteiger charge is 2.36. The minimum absolute atomic E-state index is 0.00817. The Morgan fingerprint density at radius 1 is 1.06 bits per heavy atom. The molecule has 0 aliphatic carbocycles. The van der Waals surface area contributed by atoms with Gasteiger partial charge >= 0.3 is 11.9 Å². The Hall–Kier alpha value is -3.20. The van der Waals surface area contributed by atoms with E-state index in [-0.39, 0.29) is 18.9 Å². The highest BCUT2D eigenvalue weighted by molar-refractivity contribution is 9.10. The molecule has 2 aromatic carbocycles. The predicted octanol–water partition coefficient (Wildman–Crippen LogP) is 4.17. The Labute approximate surface area is 206 Å². The molecule has 3 rings (SSSR count). The van der Waals surface area contributed by atoms with Crippen molar-refractivity contribution in [3.63, 3.8) is 0 Å². The summed E-state index contributed by atoms with van der Waals surface area (Å²) in [6, 6.07) is 10.1. The Morgan fingerprint density at radius 2 is 1.76 bits per heavy atom. The predicted molar refractivity (Wildman–Crippen MR) is 131 cm³/mol. The fraction of sp³-hybridized carbons (Fsp3) is 0.360. The average Bonchev–Trinajstić information content (AvgIpc) is 3.23. The molecule has 1 N–H and O–H groups in total. The van der Waals surface area contributed by atoms with E-state index >= 15 is 0 Å². The van der Waals surface area contributed by atoms with Gasteiger partial charge in [-0.25, -0.2) is 4.79 Å². The molecule has 1 saturated heterocycles. The molecule has 1 atom stereocenters. The first-order chi connectivity index (χ1) is 16.2. The lowest BCUT2D eigenvalue weighted by Gasteiger charge is -2.17. The van der Waals surface area contributed by atoms with E-state index in [1.54, 1.807) is 30.3 Å². The zero-order valence-corrected chi connectivity index (χ0v) is 20.9. The third kappa shape index (κ3) is 6.02. The van der Waals surface area contributed by atoms with Gasteiger partial charge in [0.2, 0.25) is 5.91 Å². The summed E-state index contributed by atoms with van der Waals surface area (Å²) in [5, 5.41) is 2.74. The largest absolute Gasteiger partial charge is 0.462 e. The summed E-state index contributed by atoms with van der Waals surface area (Å²) in [4.78, 5) is 50.6. The summed E-state index contributed by atoms with van der Waals surface area (Å²) < 4.78 is 11.2. The molecule has 8 nitrogen and oxygen atoms in total. The molecular formula is C25H27BrN2O6. The number of anilines is 2. The van der Waals surface area contributed by atoms with Crippen LogP contribution in [0.25, 0.3) is 0 Å². The molecule has 180 valence electrons. The Bertz CT molecular complexity index is 1100. The Kier molecular flexibility index (Phi) is 8.44. The summed E-state index contributed by atoms with van der Waals surface area (Å²) in [5.74, 6) is -2.38. The van der Waals surface area contributed by atoms with Crippen LogP contribution in [0.1, 0.15) is 41.3 Å². The molecule has 0 bridgehead atoms. The summed E-state index contributed by atoms with van der Waals surface area (Å²) >= 11 is 3.44. The van der Waals surface area contributed by atoms with E-state index in [0.717, 1.165) is 22.0 Å². The number of esters is 2. The van der Waals surface area contributed by atoms with Gasteiger partial charge in [-0.3, -0.25) is 14.4 Å². The number of carbonyl (C=O) groups excluding carboxylic acids is 4. The van der Waals surface area contributed by atoms with Crippen LogP contribution in [0, 0.1) is 19.8 Å². The number of hydrogen-bond donors (Lipinski definition) is 1. The lowest BCUT2D eigenvalue weighted by atomic mass is 10.1. The number of rotatable bonds is 8. The number of ether oxygens (including phenoxy) is 2. The van der Waals surface area contributed by atoms with Crippen molar-refractivity contribution in [3.8, 4) is 0 Å². The molecule has 1 fully saturated rings. The van der Waals surface area contributed by atoms with Crippen molar-refractivity contribution < 1.29 is 28.7 Å². The quantitative estimate of drug-likeness (QED) is 0.514. The normalized spacial score (nSPS) is 15.2. The number of benzene rings is 2. The van der Waals surface area contributed by atoms with Crippen molar-refractivity contribution in [1.82, 2.24) is 0 Å². The smallest absolute Gasteiger partial charge is 0.338 e. The van der Waals surface area contributed by atoms with Gasteiger partial charge in [0.25, 0.3) is 5.91 Å². The van der Waals surface area contributed by atoms with Crippen LogP contribution in [0.5, 0.6) is 0 Å². The van der Waals surface area contributed by atoms with Crippen molar-refractivity contribution in [2.45, 2.75) is 33.6 Å². The second-order valence-electron chi connectivity index (χ2n) is 8.09. The minimum atomic E-state index is -0.675. The Balaban J connectivity index is 1.53. The van der Waals surface area contributed by atoms with Crippen molar-refractivity contribution in [2.24, 2.45) is 5.92 Å². The number of hydrogen-bond acceptors (Lipinski definition) is 6. The summed E-state index contributed by atoms with van der Waals surface area (Å²) in [6.45, 7) is 5.78. The van der Waals surface area contributed by atoms with Crippen LogP contribution in [0.15, 0.2) is 40.9 Å². The standard InChI is InChI=1S/C25H27BrN2O6/c1-4-11-33-24(31)17-5-7-19(8-6-17)28-13-18(12-23(28)30)25(32)34-14-22(29)27-21-10-9-20(26)15(2)16(21)3/h5-10,18H,4,11-14H2,1-3H3,(H,27,29)/t18-/m0/s1. The van der Waals surface area contributed by atoms with Gasteiger partial charge in [0.15, 0.2) is 6.61 Å². The molecule has 2 aromatic rings. The van der Waals surface area contributed by atoms with Crippen molar-refractivity contribution in [3.05, 3.63) is 57.6 Å². The van der Waals surface area contributed by atoms with E-state index in [2.05, 4.69) is 21.2 Å². The fourth-order valence-electron chi connectivity index (χ4n) is 3.53. The van der Waals surface area contributed by atoms with Gasteiger partial charge in [-0.1, -0.05) is 22.9 Å². The zero-order chi connectivity index (χ0) is 24.8. The summed E-state index contributed by atoms with van der Waals surface area (Å²) in [7, 11) is 0. The highest BCUT2D eigenvalue weighted by Crippen LogP contribution is 2.27. The van der Waals surface area contributed by atoms with Crippen LogP contribution in [-0.4, -0.2) is 43.5 Å². The molecule has 9 heteroatoms. The third-order valence-corrected chi connectivity index (χ3v) is 6.51. The maximum atomic E-state index is 12.5. The van der Waals surface area contributed by atoms with Crippen LogP contribution < -0.4 is 10.2 Å². The lowest BCUT2D eigenvalue weighted by Crippen LogP contribution is -2.28. The number of amides is 2. The second kappa shape index (κ2) is 11.3. The van der Waals surface area contributed by atoms with Gasteiger partial charge < -0.3 is 19.7 Å². The number of halogens is 1. The molecule has 0 aromatic heterocycles. The van der Waals surface area contributed by atoms with E-state index in [4.69, 9.17) is 9.47 Å². The van der Waals surface area contributed by atoms with Gasteiger partial charge in [0, 0.05) is 28.8 Å². The van der Waals surface area contributed by atoms with E-state index in [9.17, 15) is 19.2 Å². The van der Waals surface area contributed by atoms with Gasteiger partial charge in [0.05, 0.1) is 18.1 Å². The minimum Gasteiger partial charge on any atom is -0.462 e. The summed E-state index contributed by atoms with van der Waals surface area (Å²) in [5.41, 5.74) is 3.53. The van der Waals surface area contributed by atoms with Crippen molar-refractivity contribution in [2.75, 3.05) is 30.0 Å². The van der Waals surface area contributed by atoms with E-state index < -0.39 is 30.4 Å². The maximum absolute atomic E-state index is 12.5. The molecule has 1 heterocycles. The fourth-order valence-corrected chi connectivity index (χ4v) is 3.96. The van der Waals surface area contributed by atoms with Crippen molar-refractivity contribution >= 4 is 51.1 Å². The molecule has 0 spiro atoms. The topological polar surface area (TPSA) is 102 Å². The highest BCUT2D eigenvalue weighted by atomic mass is 79.9. The zero-order valence-electron chi connectivity index (χ0n) is 19.4. The first kappa shape index (κ1) is 25.4. The molecule has 1 aliphatic heterocycles. The van der Waals surface area contributed by atoms with Crippen molar-refractivity contribution in [1.29, 1.82) is 0 Å². The first-order valence-electron chi connectivity index (χ1n) is 11.0. The van der Waals surface area contributed by atoms with Crippen LogP contribution in [0.3, 0.4) is 0 Å². The molecule has 0 saturated carbocycles. The van der Waals surface area contributed by atoms with Crippen LogP contribution in [-0.2, 0) is 23.9 Å². The molecule has 0 radical (unpaired) electrons. The van der Waals surface area contributed by atoms with E-state index in [1.807, 2.05) is 26.8 Å². The maximum Gasteiger partial charge on any atom is 0.338 e. The average molecular weight is 531 g/mol. The van der Waals surface area contributed by atoms with Gasteiger partial charge in [-0.05, 0) is 67.8 Å². The number of carbonyl (C=O) groups is 4. The molecule has 2 amide bonds. The Morgan fingerprint density at radius 3 is 2.44 bits per heavy atom. The van der Waals surface area contributed by atoms with Crippen LogP contribution in [0.4, 0.5) is 11.4 Å². The van der Waals surface area contributed by atoms with E-state index in [0.29, 0.717) is 23.5 Å². The lowest BCUT2D eigenvalue weighted by molar-refractivity contribution is -0.151. The van der Waals surface area contributed by atoms with Crippen LogP contribution >= 0.6 is 15.9 Å². The van der Waals surface area contributed by atoms with E-state index in [1.165, 1.54) is 4.90 Å². The SMILES string of the molecule is CCCOC(=O)c1ccc(N2C[C@@H](C(=O)OCC(=O)Nc3ccc(Br)c(C)c3C)CC2=O)cc1. The van der Waals surface area contributed by atoms with Gasteiger partial charge in [0.1, 0.15) is 0 Å². The third-order valence-electron chi connectivity index (χ3n) is 5.65. The number of nitrogens with zero attached hydrogens (tertiary/aromatic N) is 1. The molecular weight excluding hydrogens is 504 g/mol.